The predicted octanol–water partition coefficient (Wildman–Crippen LogP) is 2.84. The van der Waals surface area contributed by atoms with E-state index in [1.165, 1.54) is 0 Å². The highest BCUT2D eigenvalue weighted by Gasteiger charge is 2.29. The molecule has 0 saturated heterocycles. The van der Waals surface area contributed by atoms with Crippen molar-refractivity contribution in [3.63, 3.8) is 0 Å². The molecule has 0 aliphatic rings. The SMILES string of the molecule is CCCCC(NC(=O)OC(C)(C)C)C(C)(C)O. The van der Waals surface area contributed by atoms with E-state index in [9.17, 15) is 9.90 Å². The summed E-state index contributed by atoms with van der Waals surface area (Å²) in [4.78, 5) is 11.6. The van der Waals surface area contributed by atoms with E-state index in [0.29, 0.717) is 0 Å². The van der Waals surface area contributed by atoms with Gasteiger partial charge in [-0.15, -0.1) is 0 Å². The molecule has 0 aromatic carbocycles. The van der Waals surface area contributed by atoms with Crippen molar-refractivity contribution in [3.05, 3.63) is 0 Å². The summed E-state index contributed by atoms with van der Waals surface area (Å²) in [6.45, 7) is 10.9. The Labute approximate surface area is 105 Å². The number of nitrogens with one attached hydrogen (secondary N) is 1. The molecule has 1 atom stereocenters. The molecule has 0 radical (unpaired) electrons. The molecule has 0 bridgehead atoms. The lowest BCUT2D eigenvalue weighted by Crippen LogP contribution is -2.50. The van der Waals surface area contributed by atoms with E-state index >= 15 is 0 Å². The van der Waals surface area contributed by atoms with Crippen molar-refractivity contribution in [2.24, 2.45) is 0 Å². The van der Waals surface area contributed by atoms with Gasteiger partial charge in [-0.25, -0.2) is 4.79 Å². The van der Waals surface area contributed by atoms with Crippen LogP contribution < -0.4 is 5.32 Å². The van der Waals surface area contributed by atoms with E-state index < -0.39 is 17.3 Å². The Hall–Kier alpha value is -0.770. The van der Waals surface area contributed by atoms with Gasteiger partial charge in [0.1, 0.15) is 5.60 Å². The smallest absolute Gasteiger partial charge is 0.407 e. The van der Waals surface area contributed by atoms with Crippen LogP contribution in [0.1, 0.15) is 60.8 Å². The summed E-state index contributed by atoms with van der Waals surface area (Å²) >= 11 is 0. The number of hydrogen-bond donors (Lipinski definition) is 2. The van der Waals surface area contributed by atoms with E-state index in [4.69, 9.17) is 4.74 Å². The second-order valence-electron chi connectivity index (χ2n) is 5.99. The van der Waals surface area contributed by atoms with E-state index in [2.05, 4.69) is 12.2 Å². The zero-order chi connectivity index (χ0) is 13.7. The fraction of sp³-hybridized carbons (Fsp3) is 0.923. The molecule has 0 aromatic heterocycles. The second kappa shape index (κ2) is 6.24. The number of aliphatic hydroxyl groups is 1. The summed E-state index contributed by atoms with van der Waals surface area (Å²) < 4.78 is 5.18. The highest BCUT2D eigenvalue weighted by atomic mass is 16.6. The van der Waals surface area contributed by atoms with Gasteiger partial charge in [0.2, 0.25) is 0 Å². The Bertz CT molecular complexity index is 238. The zero-order valence-corrected chi connectivity index (χ0v) is 12.0. The van der Waals surface area contributed by atoms with Gasteiger partial charge in [0, 0.05) is 0 Å². The van der Waals surface area contributed by atoms with Gasteiger partial charge in [-0.2, -0.15) is 0 Å². The van der Waals surface area contributed by atoms with Gasteiger partial charge in [-0.1, -0.05) is 19.8 Å². The number of unbranched alkanes of at least 4 members (excludes halogenated alkanes) is 1. The molecule has 17 heavy (non-hydrogen) atoms. The van der Waals surface area contributed by atoms with Crippen LogP contribution in [0.4, 0.5) is 4.79 Å². The Kier molecular flexibility index (Phi) is 5.96. The van der Waals surface area contributed by atoms with Crippen molar-refractivity contribution in [1.82, 2.24) is 5.32 Å². The van der Waals surface area contributed by atoms with E-state index in [1.807, 2.05) is 20.8 Å². The molecule has 0 fully saturated rings. The van der Waals surface area contributed by atoms with Gasteiger partial charge in [0.05, 0.1) is 11.6 Å². The fourth-order valence-corrected chi connectivity index (χ4v) is 1.46. The summed E-state index contributed by atoms with van der Waals surface area (Å²) in [6.07, 6.45) is 2.27. The largest absolute Gasteiger partial charge is 0.444 e. The maximum absolute atomic E-state index is 11.6. The van der Waals surface area contributed by atoms with Crippen LogP contribution in [0, 0.1) is 0 Å². The summed E-state index contributed by atoms with van der Waals surface area (Å²) in [5.74, 6) is 0. The molecule has 102 valence electrons. The number of carbonyl (C=O) groups is 1. The average molecular weight is 245 g/mol. The molecular weight excluding hydrogens is 218 g/mol. The first-order valence-corrected chi connectivity index (χ1v) is 6.28. The van der Waals surface area contributed by atoms with Gasteiger partial charge >= 0.3 is 6.09 Å². The minimum Gasteiger partial charge on any atom is -0.444 e. The Morgan fingerprint density at radius 2 is 1.82 bits per heavy atom. The molecule has 4 heteroatoms. The lowest BCUT2D eigenvalue weighted by Gasteiger charge is -2.31. The van der Waals surface area contributed by atoms with Crippen LogP contribution >= 0.6 is 0 Å². The number of ether oxygens (including phenoxy) is 1. The lowest BCUT2D eigenvalue weighted by molar-refractivity contribution is 0.0144. The Morgan fingerprint density at radius 1 is 1.29 bits per heavy atom. The van der Waals surface area contributed by atoms with Gasteiger partial charge in [0.15, 0.2) is 0 Å². The predicted molar refractivity (Wildman–Crippen MR) is 69.0 cm³/mol. The van der Waals surface area contributed by atoms with Crippen LogP contribution in [0.25, 0.3) is 0 Å². The first-order chi connectivity index (χ1) is 7.56. The fourth-order valence-electron chi connectivity index (χ4n) is 1.46. The van der Waals surface area contributed by atoms with Gasteiger partial charge < -0.3 is 15.2 Å². The van der Waals surface area contributed by atoms with Gasteiger partial charge in [0.25, 0.3) is 0 Å². The van der Waals surface area contributed by atoms with Crippen molar-refractivity contribution >= 4 is 6.09 Å². The Balaban J connectivity index is 4.39. The van der Waals surface area contributed by atoms with Gasteiger partial charge in [-0.3, -0.25) is 0 Å². The number of carbonyl (C=O) groups excluding carboxylic acids is 1. The van der Waals surface area contributed by atoms with E-state index in [-0.39, 0.29) is 6.04 Å². The molecule has 2 N–H and O–H groups in total. The van der Waals surface area contributed by atoms with Gasteiger partial charge in [-0.05, 0) is 41.0 Å². The van der Waals surface area contributed by atoms with Crippen molar-refractivity contribution < 1.29 is 14.6 Å². The minimum atomic E-state index is -0.938. The molecular formula is C13H27NO3. The molecule has 1 amide bonds. The first kappa shape index (κ1) is 16.2. The third-order valence-electron chi connectivity index (χ3n) is 2.39. The maximum atomic E-state index is 11.6. The van der Waals surface area contributed by atoms with Crippen LogP contribution in [0.5, 0.6) is 0 Å². The van der Waals surface area contributed by atoms with Crippen LogP contribution in [-0.2, 0) is 4.74 Å². The molecule has 0 spiro atoms. The molecule has 0 saturated carbocycles. The summed E-state index contributed by atoms with van der Waals surface area (Å²) in [5.41, 5.74) is -1.45. The quantitative estimate of drug-likeness (QED) is 0.783. The third-order valence-corrected chi connectivity index (χ3v) is 2.39. The lowest BCUT2D eigenvalue weighted by atomic mass is 9.94. The van der Waals surface area contributed by atoms with Crippen molar-refractivity contribution in [2.75, 3.05) is 0 Å². The molecule has 0 aliphatic heterocycles. The van der Waals surface area contributed by atoms with Crippen LogP contribution in [-0.4, -0.2) is 28.4 Å². The molecule has 4 nitrogen and oxygen atoms in total. The topological polar surface area (TPSA) is 58.6 Å². The molecule has 0 heterocycles. The number of hydrogen-bond acceptors (Lipinski definition) is 3. The van der Waals surface area contributed by atoms with E-state index in [0.717, 1.165) is 19.3 Å². The second-order valence-corrected chi connectivity index (χ2v) is 5.99. The highest BCUT2D eigenvalue weighted by Crippen LogP contribution is 2.16. The molecule has 0 rings (SSSR count). The monoisotopic (exact) mass is 245 g/mol. The van der Waals surface area contributed by atoms with Crippen LogP contribution in [0.3, 0.4) is 0 Å². The molecule has 1 unspecified atom stereocenters. The molecule has 0 aliphatic carbocycles. The third kappa shape index (κ3) is 8.02. The summed E-state index contributed by atoms with van der Waals surface area (Å²) in [7, 11) is 0. The summed E-state index contributed by atoms with van der Waals surface area (Å²) in [5, 5.41) is 12.7. The van der Waals surface area contributed by atoms with Crippen molar-refractivity contribution in [3.8, 4) is 0 Å². The standard InChI is InChI=1S/C13H27NO3/c1-7-8-9-10(13(5,6)16)14-11(15)17-12(2,3)4/h10,16H,7-9H2,1-6H3,(H,14,15). The summed E-state index contributed by atoms with van der Waals surface area (Å²) in [6, 6.07) is -0.280. The minimum absolute atomic E-state index is 0.280. The number of rotatable bonds is 5. The number of amides is 1. The van der Waals surface area contributed by atoms with Crippen LogP contribution in [0.2, 0.25) is 0 Å². The average Bonchev–Trinajstić information content (AvgIpc) is 2.07. The zero-order valence-electron chi connectivity index (χ0n) is 12.0. The maximum Gasteiger partial charge on any atom is 0.407 e. The Morgan fingerprint density at radius 3 is 2.18 bits per heavy atom. The van der Waals surface area contributed by atoms with Crippen LogP contribution in [0.15, 0.2) is 0 Å². The van der Waals surface area contributed by atoms with Crippen molar-refractivity contribution in [1.29, 1.82) is 0 Å². The van der Waals surface area contributed by atoms with E-state index in [1.54, 1.807) is 13.8 Å². The first-order valence-electron chi connectivity index (χ1n) is 6.28. The number of alkyl carbamates (subject to hydrolysis) is 1. The highest BCUT2D eigenvalue weighted by molar-refractivity contribution is 5.68. The molecule has 0 aromatic rings. The van der Waals surface area contributed by atoms with Crippen molar-refractivity contribution in [2.45, 2.75) is 78.0 Å². The normalized spacial score (nSPS) is 14.3.